The van der Waals surface area contributed by atoms with Gasteiger partial charge < -0.3 is 15.7 Å². The van der Waals surface area contributed by atoms with E-state index in [2.05, 4.69) is 10.6 Å². The van der Waals surface area contributed by atoms with Gasteiger partial charge in [-0.2, -0.15) is 0 Å². The van der Waals surface area contributed by atoms with Gasteiger partial charge in [0.25, 0.3) is 0 Å². The monoisotopic (exact) mass is 292 g/mol. The fourth-order valence-corrected chi connectivity index (χ4v) is 1.81. The second-order valence-corrected chi connectivity index (χ2v) is 6.42. The highest BCUT2D eigenvalue weighted by molar-refractivity contribution is 6.39. The molecule has 0 saturated heterocycles. The minimum atomic E-state index is -0.752. The number of aliphatic hydroxyl groups excluding tert-OH is 1. The minimum absolute atomic E-state index is 0.0442. The summed E-state index contributed by atoms with van der Waals surface area (Å²) < 4.78 is 0. The van der Waals surface area contributed by atoms with Crippen LogP contribution in [0, 0.1) is 19.3 Å². The maximum atomic E-state index is 11.8. The van der Waals surface area contributed by atoms with Crippen molar-refractivity contribution >= 4 is 17.5 Å². The van der Waals surface area contributed by atoms with Crippen molar-refractivity contribution in [1.82, 2.24) is 5.32 Å². The third-order valence-electron chi connectivity index (χ3n) is 3.14. The summed E-state index contributed by atoms with van der Waals surface area (Å²) in [6.07, 6.45) is -0.713. The lowest BCUT2D eigenvalue weighted by atomic mass is 9.89. The van der Waals surface area contributed by atoms with Crippen molar-refractivity contribution in [2.45, 2.75) is 40.7 Å². The third-order valence-corrected chi connectivity index (χ3v) is 3.14. The lowest BCUT2D eigenvalue weighted by Crippen LogP contribution is -2.43. The second-order valence-electron chi connectivity index (χ2n) is 6.42. The molecule has 0 bridgehead atoms. The molecule has 0 aliphatic rings. The van der Waals surface area contributed by atoms with E-state index in [1.54, 1.807) is 12.1 Å². The van der Waals surface area contributed by atoms with E-state index in [4.69, 9.17) is 0 Å². The van der Waals surface area contributed by atoms with Crippen molar-refractivity contribution in [2.75, 3.05) is 11.9 Å². The summed E-state index contributed by atoms with van der Waals surface area (Å²) in [5.74, 6) is -1.49. The van der Waals surface area contributed by atoms with Gasteiger partial charge in [0.05, 0.1) is 6.10 Å². The van der Waals surface area contributed by atoms with Crippen LogP contribution in [0.2, 0.25) is 0 Å². The molecule has 3 N–H and O–H groups in total. The van der Waals surface area contributed by atoms with Gasteiger partial charge in [-0.1, -0.05) is 26.8 Å². The first-order valence-corrected chi connectivity index (χ1v) is 6.95. The molecular weight excluding hydrogens is 268 g/mol. The summed E-state index contributed by atoms with van der Waals surface area (Å²) >= 11 is 0. The Morgan fingerprint density at radius 1 is 1.10 bits per heavy atom. The molecule has 2 amide bonds. The van der Waals surface area contributed by atoms with E-state index in [0.717, 1.165) is 11.1 Å². The number of hydrogen-bond donors (Lipinski definition) is 3. The molecule has 0 aliphatic carbocycles. The van der Waals surface area contributed by atoms with Gasteiger partial charge in [-0.15, -0.1) is 0 Å². The van der Waals surface area contributed by atoms with E-state index in [0.29, 0.717) is 5.69 Å². The summed E-state index contributed by atoms with van der Waals surface area (Å²) in [6.45, 7) is 9.46. The summed E-state index contributed by atoms with van der Waals surface area (Å²) in [7, 11) is 0. The van der Waals surface area contributed by atoms with Crippen LogP contribution in [-0.4, -0.2) is 29.6 Å². The van der Waals surface area contributed by atoms with Crippen molar-refractivity contribution in [3.63, 3.8) is 0 Å². The number of aryl methyl sites for hydroxylation is 2. The van der Waals surface area contributed by atoms with E-state index in [9.17, 15) is 14.7 Å². The number of amides is 2. The molecule has 0 heterocycles. The van der Waals surface area contributed by atoms with Gasteiger partial charge in [-0.05, 0) is 42.5 Å². The SMILES string of the molecule is Cc1cc(C)cc(NC(=O)C(=O)NC[C@H](O)C(C)(C)C)c1. The molecule has 1 aromatic carbocycles. The Hall–Kier alpha value is -1.88. The van der Waals surface area contributed by atoms with Gasteiger partial charge in [-0.3, -0.25) is 9.59 Å². The first-order valence-electron chi connectivity index (χ1n) is 6.95. The first-order chi connectivity index (χ1) is 9.59. The van der Waals surface area contributed by atoms with Crippen LogP contribution in [0.1, 0.15) is 31.9 Å². The number of rotatable bonds is 3. The topological polar surface area (TPSA) is 78.4 Å². The average Bonchev–Trinajstić information content (AvgIpc) is 2.32. The predicted octanol–water partition coefficient (Wildman–Crippen LogP) is 1.77. The molecule has 0 radical (unpaired) electrons. The highest BCUT2D eigenvalue weighted by Gasteiger charge is 2.23. The van der Waals surface area contributed by atoms with Gasteiger partial charge in [-0.25, -0.2) is 0 Å². The molecule has 0 aliphatic heterocycles. The summed E-state index contributed by atoms with van der Waals surface area (Å²) in [5, 5.41) is 14.8. The Labute approximate surface area is 125 Å². The van der Waals surface area contributed by atoms with Crippen molar-refractivity contribution in [1.29, 1.82) is 0 Å². The summed E-state index contributed by atoms with van der Waals surface area (Å²) in [6, 6.07) is 5.57. The molecule has 5 nitrogen and oxygen atoms in total. The molecule has 0 aromatic heterocycles. The highest BCUT2D eigenvalue weighted by Crippen LogP contribution is 2.18. The third kappa shape index (κ3) is 5.55. The number of anilines is 1. The maximum absolute atomic E-state index is 11.8. The van der Waals surface area contributed by atoms with Gasteiger partial charge >= 0.3 is 11.8 Å². The molecule has 21 heavy (non-hydrogen) atoms. The molecule has 116 valence electrons. The van der Waals surface area contributed by atoms with Crippen LogP contribution in [0.25, 0.3) is 0 Å². The number of carbonyl (C=O) groups is 2. The molecule has 1 rings (SSSR count). The van der Waals surface area contributed by atoms with Crippen molar-refractivity contribution in [2.24, 2.45) is 5.41 Å². The molecule has 5 heteroatoms. The molecule has 1 atom stereocenters. The van der Waals surface area contributed by atoms with Crippen LogP contribution < -0.4 is 10.6 Å². The fraction of sp³-hybridized carbons (Fsp3) is 0.500. The lowest BCUT2D eigenvalue weighted by Gasteiger charge is -2.25. The van der Waals surface area contributed by atoms with Crippen LogP contribution in [0.3, 0.4) is 0 Å². The summed E-state index contributed by atoms with van der Waals surface area (Å²) in [4.78, 5) is 23.5. The van der Waals surface area contributed by atoms with E-state index in [1.807, 2.05) is 40.7 Å². The Kier molecular flexibility index (Phi) is 5.49. The van der Waals surface area contributed by atoms with Crippen LogP contribution in [0.15, 0.2) is 18.2 Å². The van der Waals surface area contributed by atoms with E-state index in [1.165, 1.54) is 0 Å². The zero-order valence-electron chi connectivity index (χ0n) is 13.3. The minimum Gasteiger partial charge on any atom is -0.391 e. The zero-order valence-corrected chi connectivity index (χ0v) is 13.3. The molecule has 1 aromatic rings. The Morgan fingerprint density at radius 2 is 1.62 bits per heavy atom. The molecular formula is C16H24N2O3. The number of hydrogen-bond acceptors (Lipinski definition) is 3. The average molecular weight is 292 g/mol. The van der Waals surface area contributed by atoms with Gasteiger partial charge in [0, 0.05) is 12.2 Å². The molecule has 0 unspecified atom stereocenters. The number of nitrogens with one attached hydrogen (secondary N) is 2. The fourth-order valence-electron chi connectivity index (χ4n) is 1.81. The number of benzene rings is 1. The largest absolute Gasteiger partial charge is 0.391 e. The molecule has 0 fully saturated rings. The Bertz CT molecular complexity index is 513. The van der Waals surface area contributed by atoms with Gasteiger partial charge in [0.1, 0.15) is 0 Å². The maximum Gasteiger partial charge on any atom is 0.313 e. The van der Waals surface area contributed by atoms with Crippen LogP contribution >= 0.6 is 0 Å². The predicted molar refractivity (Wildman–Crippen MR) is 83.0 cm³/mol. The standard InChI is InChI=1S/C16H24N2O3/c1-10-6-11(2)8-12(7-10)18-15(21)14(20)17-9-13(19)16(3,4)5/h6-8,13,19H,9H2,1-5H3,(H,17,20)(H,18,21)/t13-/m0/s1. The highest BCUT2D eigenvalue weighted by atomic mass is 16.3. The first kappa shape index (κ1) is 17.2. The van der Waals surface area contributed by atoms with Crippen molar-refractivity contribution in [3.8, 4) is 0 Å². The second kappa shape index (κ2) is 6.72. The van der Waals surface area contributed by atoms with Crippen molar-refractivity contribution in [3.05, 3.63) is 29.3 Å². The Balaban J connectivity index is 2.57. The normalized spacial score (nSPS) is 12.7. The summed E-state index contributed by atoms with van der Waals surface area (Å²) in [5.41, 5.74) is 2.25. The lowest BCUT2D eigenvalue weighted by molar-refractivity contribution is -0.136. The Morgan fingerprint density at radius 3 is 2.10 bits per heavy atom. The van der Waals surface area contributed by atoms with E-state index < -0.39 is 17.9 Å². The van der Waals surface area contributed by atoms with Crippen molar-refractivity contribution < 1.29 is 14.7 Å². The number of aliphatic hydroxyl groups is 1. The van der Waals surface area contributed by atoms with Gasteiger partial charge in [0.2, 0.25) is 0 Å². The van der Waals surface area contributed by atoms with Gasteiger partial charge in [0.15, 0.2) is 0 Å². The zero-order chi connectivity index (χ0) is 16.2. The molecule has 0 spiro atoms. The number of carbonyl (C=O) groups excluding carboxylic acids is 2. The molecule has 0 saturated carbocycles. The van der Waals surface area contributed by atoms with Crippen LogP contribution in [0.5, 0.6) is 0 Å². The van der Waals surface area contributed by atoms with Crippen LogP contribution in [-0.2, 0) is 9.59 Å². The quantitative estimate of drug-likeness (QED) is 0.743. The van der Waals surface area contributed by atoms with E-state index >= 15 is 0 Å². The van der Waals surface area contributed by atoms with Crippen LogP contribution in [0.4, 0.5) is 5.69 Å². The smallest absolute Gasteiger partial charge is 0.313 e. The van der Waals surface area contributed by atoms with E-state index in [-0.39, 0.29) is 12.0 Å².